The molecule has 0 saturated carbocycles. The number of pyridine rings is 1. The Balaban J connectivity index is 2.49. The molecule has 3 heteroatoms. The van der Waals surface area contributed by atoms with Gasteiger partial charge in [-0.15, -0.1) is 0 Å². The topological polar surface area (TPSA) is 38.7 Å². The number of rotatable bonds is 4. The molecule has 0 saturated heterocycles. The normalized spacial score (nSPS) is 11.0. The highest BCUT2D eigenvalue weighted by molar-refractivity contribution is 5.54. The second-order valence-corrected chi connectivity index (χ2v) is 5.16. The van der Waals surface area contributed by atoms with E-state index < -0.39 is 0 Å². The Morgan fingerprint density at radius 1 is 1.05 bits per heavy atom. The third-order valence-corrected chi connectivity index (χ3v) is 3.01. The van der Waals surface area contributed by atoms with E-state index in [1.54, 1.807) is 0 Å². The van der Waals surface area contributed by atoms with Gasteiger partial charge < -0.3 is 0 Å². The van der Waals surface area contributed by atoms with Crippen molar-refractivity contribution >= 4 is 0 Å². The third-order valence-electron chi connectivity index (χ3n) is 3.01. The Morgan fingerprint density at radius 2 is 1.84 bits per heavy atom. The number of nitrogens with zero attached hydrogens (tertiary/aromatic N) is 3. The average molecular weight is 255 g/mol. The van der Waals surface area contributed by atoms with Crippen LogP contribution in [0.25, 0.3) is 11.4 Å². The van der Waals surface area contributed by atoms with Crippen molar-refractivity contribution in [3.05, 3.63) is 41.5 Å². The zero-order valence-electron chi connectivity index (χ0n) is 12.1. The minimum Gasteiger partial charge on any atom is -0.251 e. The van der Waals surface area contributed by atoms with Crippen LogP contribution in [0.2, 0.25) is 0 Å². The van der Waals surface area contributed by atoms with E-state index in [0.29, 0.717) is 5.92 Å². The fraction of sp³-hybridized carbons (Fsp3) is 0.438. The van der Waals surface area contributed by atoms with Crippen LogP contribution in [0, 0.1) is 6.92 Å². The third kappa shape index (κ3) is 3.37. The molecule has 2 rings (SSSR count). The molecule has 0 atom stereocenters. The summed E-state index contributed by atoms with van der Waals surface area (Å²) in [5, 5.41) is 0. The van der Waals surface area contributed by atoms with Crippen LogP contribution in [0.3, 0.4) is 0 Å². The summed E-state index contributed by atoms with van der Waals surface area (Å²) < 4.78 is 0. The van der Waals surface area contributed by atoms with Gasteiger partial charge in [0.05, 0.1) is 11.4 Å². The Kier molecular flexibility index (Phi) is 4.25. The fourth-order valence-electron chi connectivity index (χ4n) is 1.97. The van der Waals surface area contributed by atoms with E-state index in [0.717, 1.165) is 41.4 Å². The second kappa shape index (κ2) is 5.91. The maximum Gasteiger partial charge on any atom is 0.129 e. The van der Waals surface area contributed by atoms with Gasteiger partial charge in [-0.25, -0.2) is 9.97 Å². The SMILES string of the molecule is CCCc1nc(-c2cccc(C)n2)cc(C(C)C)n1. The Hall–Kier alpha value is -1.77. The van der Waals surface area contributed by atoms with Gasteiger partial charge in [0.1, 0.15) is 5.82 Å². The highest BCUT2D eigenvalue weighted by Gasteiger charge is 2.09. The quantitative estimate of drug-likeness (QED) is 0.831. The van der Waals surface area contributed by atoms with E-state index in [4.69, 9.17) is 0 Å². The lowest BCUT2D eigenvalue weighted by atomic mass is 10.1. The van der Waals surface area contributed by atoms with Gasteiger partial charge in [-0.2, -0.15) is 0 Å². The molecule has 0 aliphatic heterocycles. The van der Waals surface area contributed by atoms with Gasteiger partial charge in [0.25, 0.3) is 0 Å². The lowest BCUT2D eigenvalue weighted by molar-refractivity contribution is 0.765. The maximum absolute atomic E-state index is 4.64. The van der Waals surface area contributed by atoms with Gasteiger partial charge in [-0.05, 0) is 37.5 Å². The minimum atomic E-state index is 0.405. The monoisotopic (exact) mass is 255 g/mol. The van der Waals surface area contributed by atoms with Gasteiger partial charge in [-0.3, -0.25) is 4.98 Å². The molecule has 0 bridgehead atoms. The molecule has 0 amide bonds. The Morgan fingerprint density at radius 3 is 2.47 bits per heavy atom. The van der Waals surface area contributed by atoms with Crippen LogP contribution in [0.5, 0.6) is 0 Å². The van der Waals surface area contributed by atoms with Crippen molar-refractivity contribution < 1.29 is 0 Å². The highest BCUT2D eigenvalue weighted by atomic mass is 14.9. The van der Waals surface area contributed by atoms with Crippen molar-refractivity contribution in [2.24, 2.45) is 0 Å². The number of hydrogen-bond acceptors (Lipinski definition) is 3. The zero-order chi connectivity index (χ0) is 13.8. The van der Waals surface area contributed by atoms with Crippen molar-refractivity contribution in [1.29, 1.82) is 0 Å². The van der Waals surface area contributed by atoms with E-state index in [2.05, 4.69) is 41.8 Å². The summed E-state index contributed by atoms with van der Waals surface area (Å²) in [6, 6.07) is 8.09. The summed E-state index contributed by atoms with van der Waals surface area (Å²) in [7, 11) is 0. The van der Waals surface area contributed by atoms with Gasteiger partial charge in [0, 0.05) is 17.8 Å². The summed E-state index contributed by atoms with van der Waals surface area (Å²) in [6.07, 6.45) is 1.97. The summed E-state index contributed by atoms with van der Waals surface area (Å²) in [4.78, 5) is 13.8. The first-order valence-electron chi connectivity index (χ1n) is 6.92. The van der Waals surface area contributed by atoms with Crippen LogP contribution in [-0.4, -0.2) is 15.0 Å². The maximum atomic E-state index is 4.64. The first-order valence-corrected chi connectivity index (χ1v) is 6.92. The molecule has 0 N–H and O–H groups in total. The van der Waals surface area contributed by atoms with E-state index in [1.165, 1.54) is 0 Å². The molecule has 0 radical (unpaired) electrons. The smallest absolute Gasteiger partial charge is 0.129 e. The molecule has 2 aromatic rings. The first kappa shape index (κ1) is 13.7. The van der Waals surface area contributed by atoms with Crippen LogP contribution in [0.15, 0.2) is 24.3 Å². The van der Waals surface area contributed by atoms with Crippen molar-refractivity contribution in [2.45, 2.75) is 46.5 Å². The van der Waals surface area contributed by atoms with Crippen molar-refractivity contribution in [2.75, 3.05) is 0 Å². The van der Waals surface area contributed by atoms with E-state index in [-0.39, 0.29) is 0 Å². The summed E-state index contributed by atoms with van der Waals surface area (Å²) in [5.74, 6) is 1.33. The number of hydrogen-bond donors (Lipinski definition) is 0. The van der Waals surface area contributed by atoms with E-state index in [1.807, 2.05) is 25.1 Å². The van der Waals surface area contributed by atoms with Gasteiger partial charge >= 0.3 is 0 Å². The fourth-order valence-corrected chi connectivity index (χ4v) is 1.97. The molecule has 2 aromatic heterocycles. The standard InChI is InChI=1S/C16H21N3/c1-5-7-16-18-14(11(2)3)10-15(19-16)13-9-6-8-12(4)17-13/h6,8-11H,5,7H2,1-4H3. The minimum absolute atomic E-state index is 0.405. The van der Waals surface area contributed by atoms with Crippen molar-refractivity contribution in [3.8, 4) is 11.4 Å². The molecular weight excluding hydrogens is 234 g/mol. The Labute approximate surface area is 115 Å². The van der Waals surface area contributed by atoms with Gasteiger partial charge in [-0.1, -0.05) is 26.8 Å². The van der Waals surface area contributed by atoms with Gasteiger partial charge in [0.15, 0.2) is 0 Å². The molecule has 0 aliphatic rings. The highest BCUT2D eigenvalue weighted by Crippen LogP contribution is 2.20. The van der Waals surface area contributed by atoms with Crippen LogP contribution < -0.4 is 0 Å². The van der Waals surface area contributed by atoms with Crippen LogP contribution in [0.4, 0.5) is 0 Å². The molecule has 3 nitrogen and oxygen atoms in total. The molecule has 19 heavy (non-hydrogen) atoms. The molecule has 0 unspecified atom stereocenters. The molecule has 0 aromatic carbocycles. The van der Waals surface area contributed by atoms with Crippen molar-refractivity contribution in [3.63, 3.8) is 0 Å². The lowest BCUT2D eigenvalue weighted by Crippen LogP contribution is -2.03. The molecule has 0 aliphatic carbocycles. The molecular formula is C16H21N3. The molecule has 0 fully saturated rings. The van der Waals surface area contributed by atoms with Gasteiger partial charge in [0.2, 0.25) is 0 Å². The summed E-state index contributed by atoms with van der Waals surface area (Å²) >= 11 is 0. The zero-order valence-corrected chi connectivity index (χ0v) is 12.1. The Bertz CT molecular complexity index is 562. The predicted octanol–water partition coefficient (Wildman–Crippen LogP) is 3.92. The summed E-state index contributed by atoms with van der Waals surface area (Å²) in [5.41, 5.74) is 3.98. The van der Waals surface area contributed by atoms with Crippen LogP contribution >= 0.6 is 0 Å². The number of aryl methyl sites for hydroxylation is 2. The average Bonchev–Trinajstić information content (AvgIpc) is 2.38. The summed E-state index contributed by atoms with van der Waals surface area (Å²) in [6.45, 7) is 8.47. The molecule has 2 heterocycles. The predicted molar refractivity (Wildman–Crippen MR) is 78.1 cm³/mol. The van der Waals surface area contributed by atoms with E-state index in [9.17, 15) is 0 Å². The number of aromatic nitrogens is 3. The largest absolute Gasteiger partial charge is 0.251 e. The van der Waals surface area contributed by atoms with Crippen LogP contribution in [0.1, 0.15) is 50.3 Å². The lowest BCUT2D eigenvalue weighted by Gasteiger charge is -2.10. The second-order valence-electron chi connectivity index (χ2n) is 5.16. The molecule has 0 spiro atoms. The van der Waals surface area contributed by atoms with E-state index >= 15 is 0 Å². The molecule has 100 valence electrons. The van der Waals surface area contributed by atoms with Crippen LogP contribution in [-0.2, 0) is 6.42 Å². The van der Waals surface area contributed by atoms with Crippen molar-refractivity contribution in [1.82, 2.24) is 15.0 Å². The first-order chi connectivity index (χ1) is 9.10.